The molecule has 0 aromatic heterocycles. The Morgan fingerprint density at radius 2 is 2.09 bits per heavy atom. The van der Waals surface area contributed by atoms with Gasteiger partial charge in [-0.05, 0) is 51.6 Å². The highest BCUT2D eigenvalue weighted by molar-refractivity contribution is 5.96. The largest absolute Gasteiger partial charge is 0.354 e. The van der Waals surface area contributed by atoms with E-state index in [1.54, 1.807) is 6.92 Å². The predicted molar refractivity (Wildman–Crippen MR) is 85.5 cm³/mol. The number of hydrogen-bond donors (Lipinski definition) is 4. The van der Waals surface area contributed by atoms with Crippen LogP contribution in [0.25, 0.3) is 0 Å². The predicted octanol–water partition coefficient (Wildman–Crippen LogP) is -0.850. The Balaban J connectivity index is 1.77. The standard InChI is InChI=1S/C15H27N5O3/c1-10(13(21)19-15(16)23)20-7-3-4-11(9-20)8-18-14(22)12-5-2-6-17-12/h10-12,17H,2-9H2,1H3,(H,18,22)(H3,16,19,21,23). The van der Waals surface area contributed by atoms with Crippen molar-refractivity contribution >= 4 is 17.8 Å². The van der Waals surface area contributed by atoms with Crippen molar-refractivity contribution in [3.8, 4) is 0 Å². The average Bonchev–Trinajstić information content (AvgIpc) is 3.06. The molecule has 0 aliphatic carbocycles. The van der Waals surface area contributed by atoms with Gasteiger partial charge in [0, 0.05) is 13.1 Å². The molecule has 0 aromatic rings. The van der Waals surface area contributed by atoms with E-state index in [9.17, 15) is 14.4 Å². The smallest absolute Gasteiger partial charge is 0.318 e. The lowest BCUT2D eigenvalue weighted by molar-refractivity contribution is -0.126. The minimum atomic E-state index is -0.827. The summed E-state index contributed by atoms with van der Waals surface area (Å²) < 4.78 is 0. The number of carbonyl (C=O) groups is 3. The minimum absolute atomic E-state index is 0.0602. The number of nitrogens with one attached hydrogen (secondary N) is 3. The Bertz CT molecular complexity index is 450. The monoisotopic (exact) mass is 325 g/mol. The third-order valence-corrected chi connectivity index (χ3v) is 4.67. The number of hydrogen-bond acceptors (Lipinski definition) is 5. The lowest BCUT2D eigenvalue weighted by Crippen LogP contribution is -2.52. The molecule has 0 bridgehead atoms. The molecule has 130 valence electrons. The van der Waals surface area contributed by atoms with Crippen LogP contribution in [0.5, 0.6) is 0 Å². The summed E-state index contributed by atoms with van der Waals surface area (Å²) in [5.74, 6) is 0.00872. The van der Waals surface area contributed by atoms with Crippen LogP contribution in [0, 0.1) is 5.92 Å². The van der Waals surface area contributed by atoms with Gasteiger partial charge in [0.05, 0.1) is 12.1 Å². The van der Waals surface area contributed by atoms with Crippen LogP contribution in [0.3, 0.4) is 0 Å². The fourth-order valence-corrected chi connectivity index (χ4v) is 3.28. The molecule has 2 aliphatic heterocycles. The number of nitrogens with two attached hydrogens (primary N) is 1. The molecule has 23 heavy (non-hydrogen) atoms. The molecule has 4 amide bonds. The van der Waals surface area contributed by atoms with Gasteiger partial charge in [0.2, 0.25) is 11.8 Å². The van der Waals surface area contributed by atoms with Gasteiger partial charge < -0.3 is 16.4 Å². The maximum Gasteiger partial charge on any atom is 0.318 e. The molecule has 2 heterocycles. The molecule has 2 rings (SSSR count). The molecule has 8 nitrogen and oxygen atoms in total. The number of carbonyl (C=O) groups excluding carboxylic acids is 3. The zero-order chi connectivity index (χ0) is 16.8. The van der Waals surface area contributed by atoms with Crippen LogP contribution in [-0.2, 0) is 9.59 Å². The van der Waals surface area contributed by atoms with Gasteiger partial charge in [0.25, 0.3) is 0 Å². The van der Waals surface area contributed by atoms with Gasteiger partial charge in [0.15, 0.2) is 0 Å². The summed E-state index contributed by atoms with van der Waals surface area (Å²) in [7, 11) is 0. The molecule has 3 atom stereocenters. The second-order valence-corrected chi connectivity index (χ2v) is 6.43. The van der Waals surface area contributed by atoms with E-state index in [4.69, 9.17) is 5.73 Å². The molecule has 5 N–H and O–H groups in total. The second-order valence-electron chi connectivity index (χ2n) is 6.43. The second kappa shape index (κ2) is 8.26. The van der Waals surface area contributed by atoms with E-state index < -0.39 is 12.1 Å². The normalized spacial score (nSPS) is 26.5. The highest BCUT2D eigenvalue weighted by Gasteiger charge is 2.29. The first-order chi connectivity index (χ1) is 11.0. The van der Waals surface area contributed by atoms with Gasteiger partial charge in [-0.15, -0.1) is 0 Å². The molecule has 3 unspecified atom stereocenters. The van der Waals surface area contributed by atoms with Crippen LogP contribution >= 0.6 is 0 Å². The molecule has 0 radical (unpaired) electrons. The molecular formula is C15H27N5O3. The number of rotatable bonds is 5. The first kappa shape index (κ1) is 17.7. The Hall–Kier alpha value is -1.67. The number of piperidine rings is 1. The van der Waals surface area contributed by atoms with Crippen molar-refractivity contribution in [2.75, 3.05) is 26.2 Å². The molecule has 8 heteroatoms. The number of imide groups is 1. The van der Waals surface area contributed by atoms with Gasteiger partial charge in [0.1, 0.15) is 0 Å². The molecule has 2 aliphatic rings. The summed E-state index contributed by atoms with van der Waals surface area (Å²) in [6, 6.07) is -1.29. The molecule has 0 aromatic carbocycles. The Kier molecular flexibility index (Phi) is 6.35. The lowest BCUT2D eigenvalue weighted by atomic mass is 9.96. The minimum Gasteiger partial charge on any atom is -0.354 e. The van der Waals surface area contributed by atoms with Crippen molar-refractivity contribution in [1.82, 2.24) is 20.9 Å². The van der Waals surface area contributed by atoms with E-state index in [-0.39, 0.29) is 17.9 Å². The van der Waals surface area contributed by atoms with Crippen LogP contribution in [-0.4, -0.2) is 61.0 Å². The van der Waals surface area contributed by atoms with Crippen molar-refractivity contribution in [2.45, 2.75) is 44.7 Å². The number of urea groups is 1. The van der Waals surface area contributed by atoms with Crippen LogP contribution in [0.1, 0.15) is 32.6 Å². The summed E-state index contributed by atoms with van der Waals surface area (Å²) >= 11 is 0. The van der Waals surface area contributed by atoms with Crippen LogP contribution < -0.4 is 21.7 Å². The van der Waals surface area contributed by atoms with Crippen LogP contribution in [0.2, 0.25) is 0 Å². The Labute approximate surface area is 136 Å². The zero-order valence-corrected chi connectivity index (χ0v) is 13.6. The molecule has 2 fully saturated rings. The SMILES string of the molecule is CC(C(=O)NC(N)=O)N1CCCC(CNC(=O)C2CCCN2)C1. The number of nitrogens with zero attached hydrogens (tertiary/aromatic N) is 1. The number of likely N-dealkylation sites (tertiary alicyclic amines) is 1. The van der Waals surface area contributed by atoms with Crippen molar-refractivity contribution in [2.24, 2.45) is 11.7 Å². The van der Waals surface area contributed by atoms with Crippen LogP contribution in [0.15, 0.2) is 0 Å². The first-order valence-electron chi connectivity index (χ1n) is 8.33. The number of amides is 4. The Morgan fingerprint density at radius 3 is 2.74 bits per heavy atom. The van der Waals surface area contributed by atoms with Crippen molar-refractivity contribution in [3.05, 3.63) is 0 Å². The van der Waals surface area contributed by atoms with E-state index in [0.717, 1.165) is 45.3 Å². The van der Waals surface area contributed by atoms with Crippen LogP contribution in [0.4, 0.5) is 4.79 Å². The fourth-order valence-electron chi connectivity index (χ4n) is 3.28. The van der Waals surface area contributed by atoms with Gasteiger partial charge >= 0.3 is 6.03 Å². The van der Waals surface area contributed by atoms with Gasteiger partial charge in [-0.3, -0.25) is 19.8 Å². The van der Waals surface area contributed by atoms with E-state index in [0.29, 0.717) is 12.5 Å². The molecule has 0 spiro atoms. The van der Waals surface area contributed by atoms with Gasteiger partial charge in [-0.25, -0.2) is 4.79 Å². The summed E-state index contributed by atoms with van der Waals surface area (Å²) in [5.41, 5.74) is 4.99. The molecule has 0 saturated carbocycles. The highest BCUT2D eigenvalue weighted by atomic mass is 16.2. The summed E-state index contributed by atoms with van der Waals surface area (Å²) in [5, 5.41) is 8.32. The topological polar surface area (TPSA) is 117 Å². The van der Waals surface area contributed by atoms with Gasteiger partial charge in [-0.2, -0.15) is 0 Å². The summed E-state index contributed by atoms with van der Waals surface area (Å²) in [4.78, 5) is 36.7. The van der Waals surface area contributed by atoms with E-state index in [1.807, 2.05) is 4.90 Å². The average molecular weight is 325 g/mol. The lowest BCUT2D eigenvalue weighted by Gasteiger charge is -2.36. The quantitative estimate of drug-likeness (QED) is 0.525. The first-order valence-corrected chi connectivity index (χ1v) is 8.33. The summed E-state index contributed by atoms with van der Waals surface area (Å²) in [6.07, 6.45) is 3.93. The van der Waals surface area contributed by atoms with Gasteiger partial charge in [-0.1, -0.05) is 0 Å². The third kappa shape index (κ3) is 5.18. The van der Waals surface area contributed by atoms with Crippen molar-refractivity contribution in [1.29, 1.82) is 0 Å². The number of primary amides is 1. The van der Waals surface area contributed by atoms with Crippen molar-refractivity contribution < 1.29 is 14.4 Å². The maximum atomic E-state index is 12.0. The maximum absolute atomic E-state index is 12.0. The van der Waals surface area contributed by atoms with E-state index in [1.165, 1.54) is 0 Å². The zero-order valence-electron chi connectivity index (χ0n) is 13.6. The molecular weight excluding hydrogens is 298 g/mol. The van der Waals surface area contributed by atoms with E-state index >= 15 is 0 Å². The third-order valence-electron chi connectivity index (χ3n) is 4.67. The van der Waals surface area contributed by atoms with E-state index in [2.05, 4.69) is 16.0 Å². The summed E-state index contributed by atoms with van der Waals surface area (Å²) in [6.45, 7) is 4.83. The van der Waals surface area contributed by atoms with Crippen molar-refractivity contribution in [3.63, 3.8) is 0 Å². The highest BCUT2D eigenvalue weighted by Crippen LogP contribution is 2.18. The Morgan fingerprint density at radius 1 is 1.30 bits per heavy atom. The molecule has 2 saturated heterocycles. The fraction of sp³-hybridized carbons (Fsp3) is 0.800.